The van der Waals surface area contributed by atoms with E-state index < -0.39 is 0 Å². The molecule has 0 bridgehead atoms. The van der Waals surface area contributed by atoms with E-state index in [1.54, 1.807) is 24.6 Å². The van der Waals surface area contributed by atoms with E-state index in [0.717, 1.165) is 5.52 Å². The zero-order chi connectivity index (χ0) is 12.3. The minimum atomic E-state index is -0.152. The monoisotopic (exact) mass is 219 g/mol. The van der Waals surface area contributed by atoms with Crippen LogP contribution in [0.4, 0.5) is 0 Å². The summed E-state index contributed by atoms with van der Waals surface area (Å²) in [6.07, 6.45) is 0. The molecule has 0 saturated heterocycles. The smallest absolute Gasteiger partial charge is 0.257 e. The van der Waals surface area contributed by atoms with Crippen LogP contribution in [0.25, 0.3) is 10.9 Å². The molecule has 0 fully saturated rings. The van der Waals surface area contributed by atoms with Crippen LogP contribution in [0, 0.1) is 6.92 Å². The Morgan fingerprint density at radius 2 is 1.75 bits per heavy atom. The van der Waals surface area contributed by atoms with Crippen molar-refractivity contribution in [2.75, 3.05) is 0 Å². The van der Waals surface area contributed by atoms with Crippen molar-refractivity contribution in [3.05, 3.63) is 40.2 Å². The summed E-state index contributed by atoms with van der Waals surface area (Å²) >= 11 is 0. The van der Waals surface area contributed by atoms with Crippen molar-refractivity contribution in [2.24, 2.45) is 7.05 Å². The van der Waals surface area contributed by atoms with E-state index in [9.17, 15) is 9.90 Å². The number of pyridine rings is 1. The van der Waals surface area contributed by atoms with Crippen molar-refractivity contribution < 1.29 is 5.11 Å². The number of para-hydroxylation sites is 1. The van der Waals surface area contributed by atoms with Gasteiger partial charge in [-0.15, -0.1) is 0 Å². The number of aromatic hydroxyl groups is 1. The Bertz CT molecular complexity index is 556. The van der Waals surface area contributed by atoms with Gasteiger partial charge < -0.3 is 9.67 Å². The molecule has 0 atom stereocenters. The van der Waals surface area contributed by atoms with Gasteiger partial charge in [-0.1, -0.05) is 26.0 Å². The van der Waals surface area contributed by atoms with Crippen LogP contribution in [-0.2, 0) is 7.05 Å². The first-order chi connectivity index (χ1) is 7.63. The average Bonchev–Trinajstić information content (AvgIpc) is 2.36. The number of fused-ring (bicyclic) bond motifs is 1. The number of aryl methyl sites for hydroxylation is 1. The third-order valence-corrected chi connectivity index (χ3v) is 2.50. The van der Waals surface area contributed by atoms with Gasteiger partial charge in [0.1, 0.15) is 5.75 Å². The summed E-state index contributed by atoms with van der Waals surface area (Å²) in [5.74, 6) is 0.0868. The highest BCUT2D eigenvalue weighted by atomic mass is 16.3. The number of aromatic nitrogens is 1. The summed E-state index contributed by atoms with van der Waals surface area (Å²) in [5.41, 5.74) is 0.994. The van der Waals surface area contributed by atoms with Gasteiger partial charge in [-0.25, -0.2) is 0 Å². The summed E-state index contributed by atoms with van der Waals surface area (Å²) in [6.45, 7) is 5.63. The Labute approximate surface area is 95.0 Å². The second-order valence-corrected chi connectivity index (χ2v) is 3.35. The molecule has 0 amide bonds. The van der Waals surface area contributed by atoms with Gasteiger partial charge in [0, 0.05) is 12.4 Å². The molecular formula is C13H17NO2. The molecule has 86 valence electrons. The van der Waals surface area contributed by atoms with Crippen molar-refractivity contribution in [3.63, 3.8) is 0 Å². The minimum absolute atomic E-state index is 0.0868. The van der Waals surface area contributed by atoms with E-state index in [2.05, 4.69) is 0 Å². The molecule has 0 aliphatic heterocycles. The molecular weight excluding hydrogens is 202 g/mol. The maximum absolute atomic E-state index is 11.6. The van der Waals surface area contributed by atoms with Crippen LogP contribution in [0.2, 0.25) is 0 Å². The Kier molecular flexibility index (Phi) is 3.72. The van der Waals surface area contributed by atoms with Crippen LogP contribution in [0.3, 0.4) is 0 Å². The predicted octanol–water partition coefficient (Wildman–Crippen LogP) is 2.58. The van der Waals surface area contributed by atoms with Gasteiger partial charge in [0.05, 0.1) is 11.1 Å². The first kappa shape index (κ1) is 12.3. The third kappa shape index (κ3) is 1.81. The van der Waals surface area contributed by atoms with Crippen molar-refractivity contribution in [1.82, 2.24) is 4.57 Å². The maximum atomic E-state index is 11.6. The fraction of sp³-hybridized carbons (Fsp3) is 0.308. The molecule has 16 heavy (non-hydrogen) atoms. The molecule has 3 nitrogen and oxygen atoms in total. The lowest BCUT2D eigenvalue weighted by molar-refractivity contribution is 0.475. The minimum Gasteiger partial charge on any atom is -0.507 e. The van der Waals surface area contributed by atoms with Gasteiger partial charge in [0.25, 0.3) is 5.56 Å². The summed E-state index contributed by atoms with van der Waals surface area (Å²) in [4.78, 5) is 11.6. The second kappa shape index (κ2) is 4.84. The number of hydrogen-bond acceptors (Lipinski definition) is 2. The number of rotatable bonds is 0. The largest absolute Gasteiger partial charge is 0.507 e. The molecule has 0 unspecified atom stereocenters. The predicted molar refractivity (Wildman–Crippen MR) is 66.9 cm³/mol. The van der Waals surface area contributed by atoms with E-state index >= 15 is 0 Å². The van der Waals surface area contributed by atoms with Crippen molar-refractivity contribution in [3.8, 4) is 5.75 Å². The Morgan fingerprint density at radius 1 is 1.19 bits per heavy atom. The van der Waals surface area contributed by atoms with Gasteiger partial charge in [-0.2, -0.15) is 0 Å². The van der Waals surface area contributed by atoms with E-state index in [1.807, 2.05) is 32.0 Å². The Balaban J connectivity index is 0.000000606. The van der Waals surface area contributed by atoms with Crippen LogP contribution in [0.15, 0.2) is 29.1 Å². The quantitative estimate of drug-likeness (QED) is 0.740. The zero-order valence-electron chi connectivity index (χ0n) is 10.1. The molecule has 1 N–H and O–H groups in total. The van der Waals surface area contributed by atoms with Gasteiger partial charge in [0.2, 0.25) is 0 Å². The summed E-state index contributed by atoms with van der Waals surface area (Å²) < 4.78 is 1.55. The molecule has 1 aromatic heterocycles. The summed E-state index contributed by atoms with van der Waals surface area (Å²) in [5, 5.41) is 10.5. The van der Waals surface area contributed by atoms with Gasteiger partial charge in [-0.3, -0.25) is 4.79 Å². The van der Waals surface area contributed by atoms with Crippen molar-refractivity contribution in [1.29, 1.82) is 0 Å². The van der Waals surface area contributed by atoms with Crippen LogP contribution in [-0.4, -0.2) is 9.67 Å². The highest BCUT2D eigenvalue weighted by Crippen LogP contribution is 2.24. The van der Waals surface area contributed by atoms with Gasteiger partial charge >= 0.3 is 0 Å². The molecule has 1 aromatic carbocycles. The third-order valence-electron chi connectivity index (χ3n) is 2.50. The standard InChI is InChI=1S/C11H11NO2.C2H6/c1-7-10(13)8-5-3-4-6-9(8)12(2)11(7)14;1-2/h3-6,13H,1-2H3;1-2H3. The van der Waals surface area contributed by atoms with Gasteiger partial charge in [-0.05, 0) is 19.1 Å². The van der Waals surface area contributed by atoms with Crippen LogP contribution in [0.1, 0.15) is 19.4 Å². The highest BCUT2D eigenvalue weighted by molar-refractivity contribution is 5.86. The molecule has 2 aromatic rings. The SMILES string of the molecule is CC.Cc1c(O)c2ccccc2n(C)c1=O. The first-order valence-corrected chi connectivity index (χ1v) is 5.40. The van der Waals surface area contributed by atoms with Crippen LogP contribution >= 0.6 is 0 Å². The Hall–Kier alpha value is -1.77. The van der Waals surface area contributed by atoms with E-state index in [1.165, 1.54) is 0 Å². The topological polar surface area (TPSA) is 42.2 Å². The number of benzene rings is 1. The molecule has 0 aliphatic rings. The zero-order valence-corrected chi connectivity index (χ0v) is 10.1. The number of hydrogen-bond donors (Lipinski definition) is 1. The summed E-state index contributed by atoms with van der Waals surface area (Å²) in [7, 11) is 1.71. The molecule has 0 spiro atoms. The van der Waals surface area contributed by atoms with E-state index in [-0.39, 0.29) is 11.3 Å². The van der Waals surface area contributed by atoms with Gasteiger partial charge in [0.15, 0.2) is 0 Å². The maximum Gasteiger partial charge on any atom is 0.257 e. The second-order valence-electron chi connectivity index (χ2n) is 3.35. The average molecular weight is 219 g/mol. The molecule has 2 rings (SSSR count). The lowest BCUT2D eigenvalue weighted by Gasteiger charge is -2.08. The van der Waals surface area contributed by atoms with Crippen LogP contribution in [0.5, 0.6) is 5.75 Å². The number of nitrogens with zero attached hydrogens (tertiary/aromatic N) is 1. The fourth-order valence-electron chi connectivity index (χ4n) is 1.63. The van der Waals surface area contributed by atoms with Crippen molar-refractivity contribution in [2.45, 2.75) is 20.8 Å². The molecule has 0 saturated carbocycles. The highest BCUT2D eigenvalue weighted by Gasteiger charge is 2.09. The van der Waals surface area contributed by atoms with Crippen LogP contribution < -0.4 is 5.56 Å². The fourth-order valence-corrected chi connectivity index (χ4v) is 1.63. The van der Waals surface area contributed by atoms with Crippen molar-refractivity contribution >= 4 is 10.9 Å². The normalized spacial score (nSPS) is 9.75. The lowest BCUT2D eigenvalue weighted by Crippen LogP contribution is -2.19. The molecule has 3 heteroatoms. The lowest BCUT2D eigenvalue weighted by atomic mass is 10.1. The molecule has 0 aliphatic carbocycles. The van der Waals surface area contributed by atoms with E-state index in [4.69, 9.17) is 0 Å². The Morgan fingerprint density at radius 3 is 2.38 bits per heavy atom. The summed E-state index contributed by atoms with van der Waals surface area (Å²) in [6, 6.07) is 7.30. The molecule has 1 heterocycles. The molecule has 0 radical (unpaired) electrons. The van der Waals surface area contributed by atoms with E-state index in [0.29, 0.717) is 10.9 Å². The first-order valence-electron chi connectivity index (χ1n) is 5.40.